The molecule has 1 aliphatic carbocycles. The highest BCUT2D eigenvalue weighted by Crippen LogP contribution is 2.47. The van der Waals surface area contributed by atoms with E-state index in [1.807, 2.05) is 13.0 Å². The molecule has 2 unspecified atom stereocenters. The van der Waals surface area contributed by atoms with Crippen LogP contribution >= 0.6 is 0 Å². The summed E-state index contributed by atoms with van der Waals surface area (Å²) >= 11 is 0. The number of hydrogen-bond donors (Lipinski definition) is 1. The largest absolute Gasteiger partial charge is 0.480 e. The third-order valence-corrected chi connectivity index (χ3v) is 4.20. The molecule has 2 atom stereocenters. The van der Waals surface area contributed by atoms with Gasteiger partial charge in [-0.3, -0.25) is 4.90 Å². The summed E-state index contributed by atoms with van der Waals surface area (Å²) in [5, 5.41) is 8.63. The van der Waals surface area contributed by atoms with E-state index in [1.165, 1.54) is 6.42 Å². The Morgan fingerprint density at radius 2 is 2.25 bits per heavy atom. The van der Waals surface area contributed by atoms with Crippen molar-refractivity contribution < 1.29 is 19.1 Å². The molecule has 1 aliphatic heterocycles. The van der Waals surface area contributed by atoms with Gasteiger partial charge in [0.1, 0.15) is 18.1 Å². The first-order valence-electron chi connectivity index (χ1n) is 7.12. The number of carbonyl (C=O) groups is 1. The van der Waals surface area contributed by atoms with Crippen molar-refractivity contribution in [1.82, 2.24) is 4.90 Å². The lowest BCUT2D eigenvalue weighted by Gasteiger charge is -2.47. The minimum Gasteiger partial charge on any atom is -0.480 e. The lowest BCUT2D eigenvalue weighted by molar-refractivity contribution is -0.166. The summed E-state index contributed by atoms with van der Waals surface area (Å²) in [5.74, 6) is 2.55. The number of nitrogens with zero attached hydrogens (tertiary/aromatic N) is 1. The zero-order valence-corrected chi connectivity index (χ0v) is 12.0. The van der Waals surface area contributed by atoms with Gasteiger partial charge < -0.3 is 14.3 Å². The second-order valence-electron chi connectivity index (χ2n) is 6.40. The lowest BCUT2D eigenvalue weighted by Crippen LogP contribution is -2.61. The van der Waals surface area contributed by atoms with Crippen LogP contribution in [-0.4, -0.2) is 41.3 Å². The monoisotopic (exact) mass is 279 g/mol. The molecule has 1 saturated heterocycles. The average molecular weight is 279 g/mol. The third kappa shape index (κ3) is 2.88. The third-order valence-electron chi connectivity index (χ3n) is 4.20. The van der Waals surface area contributed by atoms with Gasteiger partial charge in [-0.05, 0) is 31.4 Å². The van der Waals surface area contributed by atoms with Gasteiger partial charge in [-0.1, -0.05) is 6.92 Å². The standard InChI is InChI=1S/C15H21NO4/c1-10-5-12(10)13-4-3-11(20-13)6-16-8-15(2,9-16)19-7-14(17)18/h3-4,10,12H,5-9H2,1-2H3,(H,17,18). The number of carboxylic acid groups (broad SMARTS) is 1. The predicted molar refractivity (Wildman–Crippen MR) is 72.5 cm³/mol. The summed E-state index contributed by atoms with van der Waals surface area (Å²) < 4.78 is 11.3. The second-order valence-corrected chi connectivity index (χ2v) is 6.40. The number of aliphatic carboxylic acids is 1. The van der Waals surface area contributed by atoms with Gasteiger partial charge in [0.05, 0.1) is 12.1 Å². The number of hydrogen-bond acceptors (Lipinski definition) is 4. The molecule has 5 heteroatoms. The maximum absolute atomic E-state index is 10.5. The number of furan rings is 1. The summed E-state index contributed by atoms with van der Waals surface area (Å²) in [6.07, 6.45) is 1.23. The molecule has 1 aromatic rings. The Labute approximate surface area is 118 Å². The van der Waals surface area contributed by atoms with E-state index in [4.69, 9.17) is 14.3 Å². The van der Waals surface area contributed by atoms with Crippen LogP contribution in [0.1, 0.15) is 37.7 Å². The van der Waals surface area contributed by atoms with Gasteiger partial charge >= 0.3 is 5.97 Å². The highest BCUT2D eigenvalue weighted by molar-refractivity contribution is 5.68. The SMILES string of the molecule is CC1CC1c1ccc(CN2CC(C)(OCC(=O)O)C2)o1. The molecule has 0 radical (unpaired) electrons. The van der Waals surface area contributed by atoms with Crippen molar-refractivity contribution in [1.29, 1.82) is 0 Å². The molecule has 2 heterocycles. The highest BCUT2D eigenvalue weighted by Gasteiger charge is 2.41. The van der Waals surface area contributed by atoms with Crippen molar-refractivity contribution in [3.63, 3.8) is 0 Å². The van der Waals surface area contributed by atoms with E-state index in [0.29, 0.717) is 5.92 Å². The van der Waals surface area contributed by atoms with E-state index in [0.717, 1.165) is 37.1 Å². The van der Waals surface area contributed by atoms with E-state index >= 15 is 0 Å². The van der Waals surface area contributed by atoms with Crippen molar-refractivity contribution in [2.45, 2.75) is 38.3 Å². The fourth-order valence-corrected chi connectivity index (χ4v) is 2.96. The fraction of sp³-hybridized carbons (Fsp3) is 0.667. The molecule has 2 fully saturated rings. The Morgan fingerprint density at radius 1 is 1.55 bits per heavy atom. The summed E-state index contributed by atoms with van der Waals surface area (Å²) in [5.41, 5.74) is -0.335. The van der Waals surface area contributed by atoms with Crippen LogP contribution < -0.4 is 0 Å². The molecule has 3 rings (SSSR count). The van der Waals surface area contributed by atoms with Crippen LogP contribution in [0, 0.1) is 5.92 Å². The molecular weight excluding hydrogens is 258 g/mol. The van der Waals surface area contributed by atoms with Crippen LogP contribution in [0.2, 0.25) is 0 Å². The van der Waals surface area contributed by atoms with E-state index in [-0.39, 0.29) is 12.2 Å². The van der Waals surface area contributed by atoms with Crippen molar-refractivity contribution in [3.8, 4) is 0 Å². The van der Waals surface area contributed by atoms with Gasteiger partial charge in [-0.15, -0.1) is 0 Å². The van der Waals surface area contributed by atoms with E-state index in [9.17, 15) is 4.79 Å². The summed E-state index contributed by atoms with van der Waals surface area (Å²) in [4.78, 5) is 12.7. The summed E-state index contributed by atoms with van der Waals surface area (Å²) in [6, 6.07) is 4.14. The van der Waals surface area contributed by atoms with Crippen LogP contribution in [0.25, 0.3) is 0 Å². The van der Waals surface area contributed by atoms with E-state index in [1.54, 1.807) is 0 Å². The Hall–Kier alpha value is -1.33. The van der Waals surface area contributed by atoms with Gasteiger partial charge in [-0.2, -0.15) is 0 Å². The molecular formula is C15H21NO4. The minimum atomic E-state index is -0.918. The van der Waals surface area contributed by atoms with Crippen LogP contribution in [0.15, 0.2) is 16.5 Å². The predicted octanol–water partition coefficient (Wildman–Crippen LogP) is 2.08. The van der Waals surface area contributed by atoms with Crippen LogP contribution in [0.4, 0.5) is 0 Å². The maximum Gasteiger partial charge on any atom is 0.329 e. The van der Waals surface area contributed by atoms with Gasteiger partial charge in [0.2, 0.25) is 0 Å². The smallest absolute Gasteiger partial charge is 0.329 e. The Bertz CT molecular complexity index is 504. The first kappa shape index (κ1) is 13.6. The van der Waals surface area contributed by atoms with Gasteiger partial charge in [0, 0.05) is 19.0 Å². The molecule has 0 spiro atoms. The number of carboxylic acids is 1. The molecule has 20 heavy (non-hydrogen) atoms. The van der Waals surface area contributed by atoms with Crippen molar-refractivity contribution in [2.24, 2.45) is 5.92 Å². The molecule has 0 bridgehead atoms. The number of rotatable bonds is 6. The second kappa shape index (κ2) is 4.90. The summed E-state index contributed by atoms with van der Waals surface area (Å²) in [6.45, 7) is 6.23. The zero-order valence-electron chi connectivity index (χ0n) is 12.0. The van der Waals surface area contributed by atoms with E-state index < -0.39 is 5.97 Å². The number of likely N-dealkylation sites (tertiary alicyclic amines) is 1. The Morgan fingerprint density at radius 3 is 2.85 bits per heavy atom. The van der Waals surface area contributed by atoms with Crippen LogP contribution in [0.5, 0.6) is 0 Å². The van der Waals surface area contributed by atoms with Crippen LogP contribution in [-0.2, 0) is 16.1 Å². The molecule has 1 saturated carbocycles. The van der Waals surface area contributed by atoms with Crippen LogP contribution in [0.3, 0.4) is 0 Å². The number of ether oxygens (including phenoxy) is 1. The first-order chi connectivity index (χ1) is 9.45. The molecule has 2 aliphatic rings. The maximum atomic E-state index is 10.5. The Kier molecular flexibility index (Phi) is 3.34. The molecule has 0 aromatic carbocycles. The molecule has 1 aromatic heterocycles. The van der Waals surface area contributed by atoms with Crippen molar-refractivity contribution in [3.05, 3.63) is 23.7 Å². The zero-order chi connectivity index (χ0) is 14.3. The quantitative estimate of drug-likeness (QED) is 0.863. The topological polar surface area (TPSA) is 62.9 Å². The molecule has 5 nitrogen and oxygen atoms in total. The van der Waals surface area contributed by atoms with Gasteiger partial charge in [0.15, 0.2) is 0 Å². The average Bonchev–Trinajstić information content (AvgIpc) is 2.88. The molecule has 110 valence electrons. The van der Waals surface area contributed by atoms with Crippen molar-refractivity contribution in [2.75, 3.05) is 19.7 Å². The lowest BCUT2D eigenvalue weighted by atomic mass is 9.96. The normalized spacial score (nSPS) is 28.1. The highest BCUT2D eigenvalue weighted by atomic mass is 16.5. The molecule has 0 amide bonds. The van der Waals surface area contributed by atoms with Gasteiger partial charge in [0.25, 0.3) is 0 Å². The first-order valence-corrected chi connectivity index (χ1v) is 7.12. The Balaban J connectivity index is 1.46. The fourth-order valence-electron chi connectivity index (χ4n) is 2.96. The summed E-state index contributed by atoms with van der Waals surface area (Å²) in [7, 11) is 0. The molecule has 1 N–H and O–H groups in total. The van der Waals surface area contributed by atoms with Gasteiger partial charge in [-0.25, -0.2) is 4.79 Å². The minimum absolute atomic E-state index is 0.227. The van der Waals surface area contributed by atoms with E-state index in [2.05, 4.69) is 17.9 Å². The van der Waals surface area contributed by atoms with Crippen molar-refractivity contribution >= 4 is 5.97 Å².